The molecule has 0 saturated carbocycles. The summed E-state index contributed by atoms with van der Waals surface area (Å²) in [7, 11) is 0. The van der Waals surface area contributed by atoms with Crippen molar-refractivity contribution in [3.63, 3.8) is 0 Å². The fraction of sp³-hybridized carbons (Fsp3) is 0.579. The SMILES string of the molecule is Cc1cccc(C(=O)NCC(NC(=O)OC(C)(C)C)C(C)C)c1C. The molecule has 24 heavy (non-hydrogen) atoms. The van der Waals surface area contributed by atoms with Gasteiger partial charge in [-0.3, -0.25) is 4.79 Å². The van der Waals surface area contributed by atoms with E-state index in [1.165, 1.54) is 0 Å². The Labute approximate surface area is 145 Å². The molecule has 0 fully saturated rings. The third-order valence-electron chi connectivity index (χ3n) is 3.84. The molecule has 0 aliphatic rings. The van der Waals surface area contributed by atoms with E-state index in [0.717, 1.165) is 11.1 Å². The second kappa shape index (κ2) is 8.18. The predicted molar refractivity (Wildman–Crippen MR) is 96.2 cm³/mol. The molecule has 1 aromatic rings. The summed E-state index contributed by atoms with van der Waals surface area (Å²) in [5, 5.41) is 5.74. The molecule has 5 heteroatoms. The van der Waals surface area contributed by atoms with Crippen molar-refractivity contribution in [1.29, 1.82) is 0 Å². The minimum Gasteiger partial charge on any atom is -0.444 e. The van der Waals surface area contributed by atoms with Gasteiger partial charge in [-0.15, -0.1) is 0 Å². The molecular weight excluding hydrogens is 304 g/mol. The van der Waals surface area contributed by atoms with Crippen LogP contribution in [0, 0.1) is 19.8 Å². The fourth-order valence-electron chi connectivity index (χ4n) is 2.21. The molecule has 2 N–H and O–H groups in total. The first kappa shape index (κ1) is 20.0. The van der Waals surface area contributed by atoms with E-state index in [0.29, 0.717) is 12.1 Å². The molecule has 0 saturated heterocycles. The Hall–Kier alpha value is -2.04. The van der Waals surface area contributed by atoms with Crippen LogP contribution in [-0.2, 0) is 4.74 Å². The van der Waals surface area contributed by atoms with Gasteiger partial charge >= 0.3 is 6.09 Å². The first-order valence-electron chi connectivity index (χ1n) is 8.35. The molecule has 0 heterocycles. The highest BCUT2D eigenvalue weighted by Crippen LogP contribution is 2.13. The molecular formula is C19H30N2O3. The number of aryl methyl sites for hydroxylation is 1. The van der Waals surface area contributed by atoms with Gasteiger partial charge in [0.05, 0.1) is 6.04 Å². The summed E-state index contributed by atoms with van der Waals surface area (Å²) in [6.07, 6.45) is -0.470. The van der Waals surface area contributed by atoms with Crippen LogP contribution in [0.2, 0.25) is 0 Å². The Kier molecular flexibility index (Phi) is 6.81. The van der Waals surface area contributed by atoms with Crippen LogP contribution >= 0.6 is 0 Å². The smallest absolute Gasteiger partial charge is 0.407 e. The minimum atomic E-state index is -0.548. The van der Waals surface area contributed by atoms with E-state index in [1.54, 1.807) is 0 Å². The van der Waals surface area contributed by atoms with Gasteiger partial charge in [-0.25, -0.2) is 4.79 Å². The van der Waals surface area contributed by atoms with Gasteiger partial charge in [0.15, 0.2) is 0 Å². The maximum absolute atomic E-state index is 12.4. The van der Waals surface area contributed by atoms with Crippen LogP contribution in [0.4, 0.5) is 4.79 Å². The summed E-state index contributed by atoms with van der Waals surface area (Å²) in [4.78, 5) is 24.3. The van der Waals surface area contributed by atoms with Crippen LogP contribution in [0.1, 0.15) is 56.1 Å². The Morgan fingerprint density at radius 1 is 1.17 bits per heavy atom. The maximum atomic E-state index is 12.4. The number of nitrogens with one attached hydrogen (secondary N) is 2. The number of hydrogen-bond donors (Lipinski definition) is 2. The quantitative estimate of drug-likeness (QED) is 0.865. The van der Waals surface area contributed by atoms with Crippen molar-refractivity contribution in [3.05, 3.63) is 34.9 Å². The van der Waals surface area contributed by atoms with Crippen LogP contribution in [0.25, 0.3) is 0 Å². The Bertz CT molecular complexity index is 589. The number of carbonyl (C=O) groups excluding carboxylic acids is 2. The van der Waals surface area contributed by atoms with Crippen LogP contribution in [0.5, 0.6) is 0 Å². The summed E-state index contributed by atoms with van der Waals surface area (Å²) < 4.78 is 5.28. The lowest BCUT2D eigenvalue weighted by Gasteiger charge is -2.26. The van der Waals surface area contributed by atoms with Gasteiger partial charge in [-0.05, 0) is 57.7 Å². The fourth-order valence-corrected chi connectivity index (χ4v) is 2.21. The number of rotatable bonds is 5. The van der Waals surface area contributed by atoms with Gasteiger partial charge in [0, 0.05) is 12.1 Å². The molecule has 1 aromatic carbocycles. The van der Waals surface area contributed by atoms with Gasteiger partial charge in [-0.1, -0.05) is 26.0 Å². The van der Waals surface area contributed by atoms with Crippen LogP contribution in [0.15, 0.2) is 18.2 Å². The molecule has 0 aliphatic heterocycles. The molecule has 0 bridgehead atoms. The largest absolute Gasteiger partial charge is 0.444 e. The molecule has 0 spiro atoms. The number of carbonyl (C=O) groups is 2. The van der Waals surface area contributed by atoms with E-state index in [4.69, 9.17) is 4.74 Å². The lowest BCUT2D eigenvalue weighted by atomic mass is 10.0. The highest BCUT2D eigenvalue weighted by Gasteiger charge is 2.22. The third kappa shape index (κ3) is 6.22. The average molecular weight is 334 g/mol. The summed E-state index contributed by atoms with van der Waals surface area (Å²) in [6.45, 7) is 13.7. The van der Waals surface area contributed by atoms with E-state index >= 15 is 0 Å². The van der Waals surface area contributed by atoms with E-state index in [2.05, 4.69) is 10.6 Å². The van der Waals surface area contributed by atoms with Gasteiger partial charge in [0.2, 0.25) is 0 Å². The Balaban J connectivity index is 2.68. The second-order valence-electron chi connectivity index (χ2n) is 7.45. The van der Waals surface area contributed by atoms with Gasteiger partial charge in [0.1, 0.15) is 5.60 Å². The van der Waals surface area contributed by atoms with Crippen molar-refractivity contribution < 1.29 is 14.3 Å². The zero-order valence-corrected chi connectivity index (χ0v) is 15.8. The highest BCUT2D eigenvalue weighted by atomic mass is 16.6. The number of ether oxygens (including phenoxy) is 1. The highest BCUT2D eigenvalue weighted by molar-refractivity contribution is 5.95. The summed E-state index contributed by atoms with van der Waals surface area (Å²) in [5.74, 6) is 0.0317. The van der Waals surface area contributed by atoms with E-state index in [1.807, 2.05) is 66.7 Å². The van der Waals surface area contributed by atoms with Gasteiger partial charge in [-0.2, -0.15) is 0 Å². The summed E-state index contributed by atoms with van der Waals surface area (Å²) in [6, 6.07) is 5.46. The van der Waals surface area contributed by atoms with Crippen molar-refractivity contribution >= 4 is 12.0 Å². The predicted octanol–water partition coefficient (Wildman–Crippen LogP) is 3.58. The zero-order chi connectivity index (χ0) is 18.5. The molecule has 1 rings (SSSR count). The number of amides is 2. The molecule has 0 radical (unpaired) electrons. The van der Waals surface area contributed by atoms with Crippen molar-refractivity contribution in [2.45, 2.75) is 60.1 Å². The number of alkyl carbamates (subject to hydrolysis) is 1. The van der Waals surface area contributed by atoms with Crippen LogP contribution in [0.3, 0.4) is 0 Å². The maximum Gasteiger partial charge on any atom is 0.407 e. The van der Waals surface area contributed by atoms with Crippen LogP contribution in [-0.4, -0.2) is 30.2 Å². The molecule has 134 valence electrons. The Morgan fingerprint density at radius 3 is 2.33 bits per heavy atom. The molecule has 5 nitrogen and oxygen atoms in total. The van der Waals surface area contributed by atoms with Crippen molar-refractivity contribution in [1.82, 2.24) is 10.6 Å². The Morgan fingerprint density at radius 2 is 1.79 bits per heavy atom. The molecule has 0 aromatic heterocycles. The topological polar surface area (TPSA) is 67.4 Å². The van der Waals surface area contributed by atoms with Crippen molar-refractivity contribution in [2.24, 2.45) is 5.92 Å². The third-order valence-corrected chi connectivity index (χ3v) is 3.84. The molecule has 2 amide bonds. The van der Waals surface area contributed by atoms with Crippen molar-refractivity contribution in [2.75, 3.05) is 6.54 Å². The first-order chi connectivity index (χ1) is 11.0. The standard InChI is InChI=1S/C19H30N2O3/c1-12(2)16(21-18(23)24-19(5,6)7)11-20-17(22)15-10-8-9-13(3)14(15)4/h8-10,12,16H,11H2,1-7H3,(H,20,22)(H,21,23). The molecule has 1 atom stereocenters. The van der Waals surface area contributed by atoms with E-state index in [-0.39, 0.29) is 17.9 Å². The number of benzene rings is 1. The normalized spacial score (nSPS) is 12.7. The lowest BCUT2D eigenvalue weighted by Crippen LogP contribution is -2.48. The van der Waals surface area contributed by atoms with Crippen LogP contribution < -0.4 is 10.6 Å². The second-order valence-corrected chi connectivity index (χ2v) is 7.45. The summed E-state index contributed by atoms with van der Waals surface area (Å²) in [5.41, 5.74) is 2.16. The molecule has 0 aliphatic carbocycles. The molecule has 1 unspecified atom stereocenters. The monoisotopic (exact) mass is 334 g/mol. The van der Waals surface area contributed by atoms with E-state index < -0.39 is 11.7 Å². The van der Waals surface area contributed by atoms with E-state index in [9.17, 15) is 9.59 Å². The van der Waals surface area contributed by atoms with Gasteiger partial charge < -0.3 is 15.4 Å². The zero-order valence-electron chi connectivity index (χ0n) is 15.8. The minimum absolute atomic E-state index is 0.132. The first-order valence-corrected chi connectivity index (χ1v) is 8.35. The lowest BCUT2D eigenvalue weighted by molar-refractivity contribution is 0.0487. The van der Waals surface area contributed by atoms with Crippen molar-refractivity contribution in [3.8, 4) is 0 Å². The number of hydrogen-bond acceptors (Lipinski definition) is 3. The summed E-state index contributed by atoms with van der Waals surface area (Å²) >= 11 is 0. The van der Waals surface area contributed by atoms with Gasteiger partial charge in [0.25, 0.3) is 5.91 Å². The average Bonchev–Trinajstić information content (AvgIpc) is 2.43.